The number of para-hydroxylation sites is 1. The molecule has 0 amide bonds. The Hall–Kier alpha value is -1.84. The van der Waals surface area contributed by atoms with E-state index < -0.39 is 0 Å². The second-order valence-corrected chi connectivity index (χ2v) is 3.70. The molecule has 2 heterocycles. The molecule has 0 aliphatic carbocycles. The van der Waals surface area contributed by atoms with Gasteiger partial charge in [-0.2, -0.15) is 0 Å². The van der Waals surface area contributed by atoms with Crippen LogP contribution in [0.1, 0.15) is 12.2 Å². The summed E-state index contributed by atoms with van der Waals surface area (Å²) in [5.74, 6) is 0.838. The summed E-state index contributed by atoms with van der Waals surface area (Å²) in [6, 6.07) is 7.46. The van der Waals surface area contributed by atoms with Crippen molar-refractivity contribution < 1.29 is 0 Å². The highest BCUT2D eigenvalue weighted by atomic mass is 16.1. The normalized spacial score (nSPS) is 14.7. The van der Waals surface area contributed by atoms with Gasteiger partial charge < -0.3 is 5.43 Å². The maximum atomic E-state index is 12.0. The summed E-state index contributed by atoms with van der Waals surface area (Å²) in [7, 11) is 0. The number of rotatable bonds is 0. The molecule has 0 atom stereocenters. The number of aromatic nitrogens is 2. The van der Waals surface area contributed by atoms with Crippen LogP contribution in [-0.4, -0.2) is 16.2 Å². The predicted octanol–water partition coefficient (Wildman–Crippen LogP) is 0.886. The average Bonchev–Trinajstić information content (AvgIpc) is 2.30. The topological polar surface area (TPSA) is 46.9 Å². The summed E-state index contributed by atoms with van der Waals surface area (Å²) in [4.78, 5) is 16.5. The van der Waals surface area contributed by atoms with Crippen molar-refractivity contribution in [3.05, 3.63) is 40.4 Å². The monoisotopic (exact) mass is 201 g/mol. The molecule has 0 unspecified atom stereocenters. The number of benzene rings is 1. The molecule has 0 bridgehead atoms. The van der Waals surface area contributed by atoms with Gasteiger partial charge in [-0.15, -0.1) is 0 Å². The van der Waals surface area contributed by atoms with Crippen LogP contribution in [0.25, 0.3) is 10.9 Å². The van der Waals surface area contributed by atoms with E-state index in [-0.39, 0.29) is 5.56 Å². The van der Waals surface area contributed by atoms with Crippen molar-refractivity contribution in [2.24, 2.45) is 0 Å². The van der Waals surface area contributed by atoms with Gasteiger partial charge in [-0.05, 0) is 18.6 Å². The van der Waals surface area contributed by atoms with Crippen LogP contribution in [0.15, 0.2) is 29.1 Å². The van der Waals surface area contributed by atoms with Crippen molar-refractivity contribution in [3.8, 4) is 0 Å². The van der Waals surface area contributed by atoms with Crippen LogP contribution in [0.3, 0.4) is 0 Å². The van der Waals surface area contributed by atoms with E-state index in [1.54, 1.807) is 4.68 Å². The van der Waals surface area contributed by atoms with Crippen LogP contribution in [0.2, 0.25) is 0 Å². The predicted molar refractivity (Wildman–Crippen MR) is 58.6 cm³/mol. The Kier molecular flexibility index (Phi) is 1.74. The standard InChI is InChI=1S/C11H11N3O/c15-11-8-4-1-2-5-9(8)13-10-6-3-7-12-14(10)11/h1-2,4-5,12H,3,6-7H2. The molecule has 1 aromatic heterocycles. The molecule has 0 saturated carbocycles. The number of nitrogens with one attached hydrogen (secondary N) is 1. The van der Waals surface area contributed by atoms with Crippen molar-refractivity contribution in [2.75, 3.05) is 12.0 Å². The van der Waals surface area contributed by atoms with Gasteiger partial charge in [-0.3, -0.25) is 4.79 Å². The average molecular weight is 201 g/mol. The lowest BCUT2D eigenvalue weighted by molar-refractivity contribution is 0.620. The minimum atomic E-state index is 0.00954. The number of fused-ring (bicyclic) bond motifs is 2. The molecule has 1 N–H and O–H groups in total. The highest BCUT2D eigenvalue weighted by Crippen LogP contribution is 2.10. The van der Waals surface area contributed by atoms with Gasteiger partial charge in [0.25, 0.3) is 5.56 Å². The molecule has 15 heavy (non-hydrogen) atoms. The van der Waals surface area contributed by atoms with E-state index in [1.807, 2.05) is 24.3 Å². The third-order valence-electron chi connectivity index (χ3n) is 2.69. The molecule has 2 aromatic rings. The molecule has 0 spiro atoms. The molecule has 4 heteroatoms. The van der Waals surface area contributed by atoms with E-state index >= 15 is 0 Å². The molecule has 3 rings (SSSR count). The van der Waals surface area contributed by atoms with Crippen molar-refractivity contribution in [3.63, 3.8) is 0 Å². The summed E-state index contributed by atoms with van der Waals surface area (Å²) in [5.41, 5.74) is 3.86. The van der Waals surface area contributed by atoms with E-state index in [0.717, 1.165) is 30.7 Å². The fourth-order valence-electron chi connectivity index (χ4n) is 1.95. The molecule has 0 saturated heterocycles. The second kappa shape index (κ2) is 3.08. The molecule has 0 fully saturated rings. The molecule has 1 aliphatic rings. The SMILES string of the molecule is O=c1c2ccccc2nc2n1NCCC2. The first-order valence-electron chi connectivity index (χ1n) is 5.11. The number of hydrogen-bond donors (Lipinski definition) is 1. The highest BCUT2D eigenvalue weighted by Gasteiger charge is 2.13. The van der Waals surface area contributed by atoms with Gasteiger partial charge in [0.15, 0.2) is 0 Å². The van der Waals surface area contributed by atoms with Crippen LogP contribution in [0, 0.1) is 0 Å². The van der Waals surface area contributed by atoms with Gasteiger partial charge in [0.05, 0.1) is 10.9 Å². The van der Waals surface area contributed by atoms with E-state index in [1.165, 1.54) is 0 Å². The zero-order valence-corrected chi connectivity index (χ0v) is 8.23. The van der Waals surface area contributed by atoms with Crippen LogP contribution in [0.5, 0.6) is 0 Å². The number of aryl methyl sites for hydroxylation is 1. The molecule has 1 aliphatic heterocycles. The van der Waals surface area contributed by atoms with Gasteiger partial charge in [0.2, 0.25) is 0 Å². The third-order valence-corrected chi connectivity index (χ3v) is 2.69. The molecule has 76 valence electrons. The summed E-state index contributed by atoms with van der Waals surface area (Å²) in [6.07, 6.45) is 1.90. The highest BCUT2D eigenvalue weighted by molar-refractivity contribution is 5.77. The van der Waals surface area contributed by atoms with Crippen molar-refractivity contribution in [2.45, 2.75) is 12.8 Å². The minimum Gasteiger partial charge on any atom is -0.321 e. The lowest BCUT2D eigenvalue weighted by atomic mass is 10.2. The zero-order chi connectivity index (χ0) is 10.3. The van der Waals surface area contributed by atoms with Gasteiger partial charge in [-0.25, -0.2) is 9.66 Å². The Labute approximate surface area is 86.5 Å². The van der Waals surface area contributed by atoms with Crippen LogP contribution in [0.4, 0.5) is 0 Å². The van der Waals surface area contributed by atoms with Crippen molar-refractivity contribution >= 4 is 10.9 Å². The van der Waals surface area contributed by atoms with Crippen molar-refractivity contribution in [1.82, 2.24) is 9.66 Å². The largest absolute Gasteiger partial charge is 0.321 e. The Morgan fingerprint density at radius 2 is 2.20 bits per heavy atom. The quantitative estimate of drug-likeness (QED) is 0.688. The van der Waals surface area contributed by atoms with E-state index in [2.05, 4.69) is 10.4 Å². The summed E-state index contributed by atoms with van der Waals surface area (Å²) >= 11 is 0. The molecular formula is C11H11N3O. The third kappa shape index (κ3) is 1.21. The Morgan fingerprint density at radius 1 is 1.33 bits per heavy atom. The first-order chi connectivity index (χ1) is 7.36. The fourth-order valence-corrected chi connectivity index (χ4v) is 1.95. The van der Waals surface area contributed by atoms with Gasteiger partial charge in [0, 0.05) is 13.0 Å². The van der Waals surface area contributed by atoms with Crippen LogP contribution >= 0.6 is 0 Å². The van der Waals surface area contributed by atoms with E-state index in [0.29, 0.717) is 5.39 Å². The lowest BCUT2D eigenvalue weighted by Gasteiger charge is -2.19. The molecular weight excluding hydrogens is 190 g/mol. The molecule has 4 nitrogen and oxygen atoms in total. The molecule has 0 radical (unpaired) electrons. The lowest BCUT2D eigenvalue weighted by Crippen LogP contribution is -2.36. The van der Waals surface area contributed by atoms with Crippen molar-refractivity contribution in [1.29, 1.82) is 0 Å². The first kappa shape index (κ1) is 8.47. The second-order valence-electron chi connectivity index (χ2n) is 3.70. The maximum Gasteiger partial charge on any atom is 0.279 e. The minimum absolute atomic E-state index is 0.00954. The number of hydrogen-bond acceptors (Lipinski definition) is 3. The first-order valence-corrected chi connectivity index (χ1v) is 5.11. The number of nitrogens with zero attached hydrogens (tertiary/aromatic N) is 2. The fraction of sp³-hybridized carbons (Fsp3) is 0.273. The Bertz CT molecular complexity index is 574. The van der Waals surface area contributed by atoms with Crippen LogP contribution < -0.4 is 11.0 Å². The summed E-state index contributed by atoms with van der Waals surface area (Å²) < 4.78 is 1.58. The summed E-state index contributed by atoms with van der Waals surface area (Å²) in [5, 5.41) is 0.677. The Balaban J connectivity index is 2.41. The maximum absolute atomic E-state index is 12.0. The van der Waals surface area contributed by atoms with Gasteiger partial charge in [0.1, 0.15) is 5.82 Å². The van der Waals surface area contributed by atoms with Gasteiger partial charge >= 0.3 is 0 Å². The van der Waals surface area contributed by atoms with Gasteiger partial charge in [-0.1, -0.05) is 12.1 Å². The van der Waals surface area contributed by atoms with E-state index in [9.17, 15) is 4.79 Å². The molecule has 1 aromatic carbocycles. The van der Waals surface area contributed by atoms with Crippen LogP contribution in [-0.2, 0) is 6.42 Å². The van der Waals surface area contributed by atoms with E-state index in [4.69, 9.17) is 0 Å². The summed E-state index contributed by atoms with van der Waals surface area (Å²) in [6.45, 7) is 0.840. The zero-order valence-electron chi connectivity index (χ0n) is 8.23. The smallest absolute Gasteiger partial charge is 0.279 e. The Morgan fingerprint density at radius 3 is 3.13 bits per heavy atom.